The number of carbonyl (C=O) groups is 1. The highest BCUT2D eigenvalue weighted by Crippen LogP contribution is 2.32. The first kappa shape index (κ1) is 27.9. The van der Waals surface area contributed by atoms with E-state index in [1.165, 1.54) is 5.56 Å². The first-order valence-electron chi connectivity index (χ1n) is 13.4. The fourth-order valence-electron chi connectivity index (χ4n) is 5.48. The van der Waals surface area contributed by atoms with Gasteiger partial charge in [-0.15, -0.1) is 0 Å². The number of piperidine rings is 2. The lowest BCUT2D eigenvalue weighted by atomic mass is 9.96. The zero-order valence-electron chi connectivity index (χ0n) is 21.5. The number of ether oxygens (including phenoxy) is 1. The van der Waals surface area contributed by atoms with Gasteiger partial charge in [-0.3, -0.25) is 4.90 Å². The molecule has 2 atom stereocenters. The maximum absolute atomic E-state index is 13.6. The van der Waals surface area contributed by atoms with Crippen LogP contribution in [0.3, 0.4) is 0 Å². The fourth-order valence-corrected chi connectivity index (χ4v) is 7.49. The molecule has 0 saturated carbocycles. The van der Waals surface area contributed by atoms with Crippen LogP contribution in [0.1, 0.15) is 57.4 Å². The molecule has 0 spiro atoms. The third-order valence-corrected chi connectivity index (χ3v) is 9.64. The van der Waals surface area contributed by atoms with E-state index in [1.807, 2.05) is 6.07 Å². The molecular weight excluding hydrogens is 510 g/mol. The number of likely N-dealkylation sites (tertiary alicyclic amines) is 1. The molecule has 2 aliphatic heterocycles. The minimum Gasteiger partial charge on any atom is -0.448 e. The zero-order chi connectivity index (χ0) is 26.3. The highest BCUT2D eigenvalue weighted by molar-refractivity contribution is 7.89. The van der Waals surface area contributed by atoms with E-state index in [2.05, 4.69) is 41.4 Å². The molecule has 0 bridgehead atoms. The molecule has 1 amide bonds. The quantitative estimate of drug-likeness (QED) is 0.452. The number of benzene rings is 2. The molecule has 1 N–H and O–H groups in total. The molecule has 0 aliphatic carbocycles. The predicted octanol–water partition coefficient (Wildman–Crippen LogP) is 5.44. The maximum Gasteiger partial charge on any atom is 0.407 e. The maximum atomic E-state index is 13.6. The number of nitrogens with zero attached hydrogens (tertiary/aromatic N) is 2. The van der Waals surface area contributed by atoms with Crippen LogP contribution in [0, 0.1) is 0 Å². The van der Waals surface area contributed by atoms with Crippen LogP contribution in [0.15, 0.2) is 59.5 Å². The van der Waals surface area contributed by atoms with Crippen LogP contribution >= 0.6 is 11.6 Å². The van der Waals surface area contributed by atoms with E-state index in [4.69, 9.17) is 16.3 Å². The number of carbonyl (C=O) groups excluding carboxylic acids is 1. The van der Waals surface area contributed by atoms with Gasteiger partial charge < -0.3 is 10.1 Å². The molecule has 0 radical (unpaired) electrons. The summed E-state index contributed by atoms with van der Waals surface area (Å²) in [6.07, 6.45) is 5.30. The van der Waals surface area contributed by atoms with Crippen LogP contribution in [0.2, 0.25) is 5.02 Å². The summed E-state index contributed by atoms with van der Waals surface area (Å²) in [5.41, 5.74) is 1.29. The van der Waals surface area contributed by atoms with Gasteiger partial charge in [-0.1, -0.05) is 61.7 Å². The Hall–Kier alpha value is -2.13. The largest absolute Gasteiger partial charge is 0.448 e. The number of sulfonamides is 1. The van der Waals surface area contributed by atoms with Crippen molar-refractivity contribution in [1.29, 1.82) is 0 Å². The van der Waals surface area contributed by atoms with Gasteiger partial charge in [0.15, 0.2) is 0 Å². The molecular formula is C28H38ClN3O4S. The van der Waals surface area contributed by atoms with E-state index in [-0.39, 0.29) is 29.6 Å². The number of alkyl carbamates (subject to hydrolysis) is 1. The van der Waals surface area contributed by atoms with Gasteiger partial charge in [0.25, 0.3) is 0 Å². The number of amides is 1. The van der Waals surface area contributed by atoms with Crippen molar-refractivity contribution in [1.82, 2.24) is 14.5 Å². The highest BCUT2D eigenvalue weighted by atomic mass is 35.5. The van der Waals surface area contributed by atoms with Crippen molar-refractivity contribution in [2.75, 3.05) is 19.7 Å². The van der Waals surface area contributed by atoms with Crippen LogP contribution in [0.4, 0.5) is 4.79 Å². The normalized spacial score (nSPS) is 22.0. The lowest BCUT2D eigenvalue weighted by molar-refractivity contribution is 0.0787. The molecule has 2 saturated heterocycles. The third kappa shape index (κ3) is 7.47. The van der Waals surface area contributed by atoms with E-state index >= 15 is 0 Å². The average Bonchev–Trinajstić information content (AvgIpc) is 2.90. The van der Waals surface area contributed by atoms with Crippen molar-refractivity contribution in [3.05, 3.63) is 65.2 Å². The van der Waals surface area contributed by atoms with Crippen LogP contribution < -0.4 is 5.32 Å². The first-order chi connectivity index (χ1) is 17.9. The molecule has 2 aromatic rings. The van der Waals surface area contributed by atoms with E-state index in [0.29, 0.717) is 11.4 Å². The highest BCUT2D eigenvalue weighted by Gasteiger charge is 2.40. The minimum atomic E-state index is -3.75. The molecule has 2 heterocycles. The fraction of sp³-hybridized carbons (Fsp3) is 0.536. The number of hydrogen-bond acceptors (Lipinski definition) is 5. The molecule has 0 unspecified atom stereocenters. The van der Waals surface area contributed by atoms with Crippen molar-refractivity contribution < 1.29 is 17.9 Å². The van der Waals surface area contributed by atoms with Gasteiger partial charge in [0.2, 0.25) is 10.0 Å². The Labute approximate surface area is 226 Å². The smallest absolute Gasteiger partial charge is 0.407 e. The minimum absolute atomic E-state index is 0.0473. The van der Waals surface area contributed by atoms with Crippen molar-refractivity contribution >= 4 is 27.7 Å². The Morgan fingerprint density at radius 3 is 2.35 bits per heavy atom. The summed E-state index contributed by atoms with van der Waals surface area (Å²) in [6.45, 7) is 4.84. The second-order valence-corrected chi connectivity index (χ2v) is 12.4. The summed E-state index contributed by atoms with van der Waals surface area (Å²) >= 11 is 5.99. The summed E-state index contributed by atoms with van der Waals surface area (Å²) in [5.74, 6) is 0. The molecule has 0 aromatic heterocycles. The second kappa shape index (κ2) is 13.1. The van der Waals surface area contributed by atoms with Crippen LogP contribution in [-0.4, -0.2) is 61.5 Å². The van der Waals surface area contributed by atoms with Gasteiger partial charge in [0, 0.05) is 36.7 Å². The van der Waals surface area contributed by atoms with E-state index in [1.54, 1.807) is 28.6 Å². The molecule has 37 heavy (non-hydrogen) atoms. The Kier molecular flexibility index (Phi) is 9.87. The molecule has 202 valence electrons. The molecule has 9 heteroatoms. The summed E-state index contributed by atoms with van der Waals surface area (Å²) in [6, 6.07) is 16.2. The average molecular weight is 548 g/mol. The van der Waals surface area contributed by atoms with Crippen molar-refractivity contribution in [3.8, 4) is 0 Å². The van der Waals surface area contributed by atoms with Gasteiger partial charge in [0.1, 0.15) is 6.61 Å². The monoisotopic (exact) mass is 547 g/mol. The Balaban J connectivity index is 1.32. The van der Waals surface area contributed by atoms with Gasteiger partial charge >= 0.3 is 6.09 Å². The van der Waals surface area contributed by atoms with Gasteiger partial charge in [-0.2, -0.15) is 4.31 Å². The second-order valence-electron chi connectivity index (χ2n) is 10.1. The van der Waals surface area contributed by atoms with Crippen molar-refractivity contribution in [2.24, 2.45) is 0 Å². The third-order valence-electron chi connectivity index (χ3n) is 7.37. The summed E-state index contributed by atoms with van der Waals surface area (Å²) in [7, 11) is -3.75. The van der Waals surface area contributed by atoms with Gasteiger partial charge in [0.05, 0.1) is 10.9 Å². The van der Waals surface area contributed by atoms with E-state index < -0.39 is 16.1 Å². The molecule has 7 nitrogen and oxygen atoms in total. The predicted molar refractivity (Wildman–Crippen MR) is 146 cm³/mol. The Morgan fingerprint density at radius 1 is 1.00 bits per heavy atom. The lowest BCUT2D eigenvalue weighted by Gasteiger charge is -2.40. The van der Waals surface area contributed by atoms with Gasteiger partial charge in [-0.25, -0.2) is 13.2 Å². The summed E-state index contributed by atoms with van der Waals surface area (Å²) in [4.78, 5) is 15.3. The van der Waals surface area contributed by atoms with E-state index in [9.17, 15) is 13.2 Å². The molecule has 2 aliphatic rings. The topological polar surface area (TPSA) is 79.0 Å². The van der Waals surface area contributed by atoms with Crippen LogP contribution in [-0.2, 0) is 21.3 Å². The van der Waals surface area contributed by atoms with E-state index in [0.717, 1.165) is 58.2 Å². The number of hydrogen-bond donors (Lipinski definition) is 1. The van der Waals surface area contributed by atoms with Gasteiger partial charge in [-0.05, 0) is 61.9 Å². The number of halogens is 1. The molecule has 2 fully saturated rings. The van der Waals surface area contributed by atoms with Crippen LogP contribution in [0.25, 0.3) is 0 Å². The Morgan fingerprint density at radius 2 is 1.68 bits per heavy atom. The van der Waals surface area contributed by atoms with Crippen LogP contribution in [0.5, 0.6) is 0 Å². The number of rotatable bonds is 9. The Bertz CT molecular complexity index is 1100. The SMILES string of the molecule is CCC[C@H]1CCC[C@@H](COC(=O)NC2CCN(Cc3ccccc3)CC2)N1S(=O)(=O)c1ccc(Cl)cc1. The van der Waals surface area contributed by atoms with Crippen molar-refractivity contribution in [3.63, 3.8) is 0 Å². The summed E-state index contributed by atoms with van der Waals surface area (Å²) in [5, 5.41) is 3.49. The van der Waals surface area contributed by atoms with Crippen molar-refractivity contribution in [2.45, 2.75) is 81.4 Å². The lowest BCUT2D eigenvalue weighted by Crippen LogP contribution is -2.52. The molecule has 2 aromatic carbocycles. The number of nitrogens with one attached hydrogen (secondary N) is 1. The standard InChI is InChI=1S/C28H38ClN3O4S/c1-2-7-25-10-6-11-26(32(25)37(34,35)27-14-12-23(29)13-15-27)21-36-28(33)30-24-16-18-31(19-17-24)20-22-8-4-3-5-9-22/h3-5,8-9,12-15,24-26H,2,6-7,10-11,16-21H2,1H3,(H,30,33)/t25-,26-/m0/s1. The zero-order valence-corrected chi connectivity index (χ0v) is 23.1. The molecule has 4 rings (SSSR count). The first-order valence-corrected chi connectivity index (χ1v) is 15.2. The summed E-state index contributed by atoms with van der Waals surface area (Å²) < 4.78 is 34.5.